The van der Waals surface area contributed by atoms with Gasteiger partial charge in [-0.15, -0.1) is 0 Å². The van der Waals surface area contributed by atoms with Crippen molar-refractivity contribution in [1.29, 1.82) is 0 Å². The van der Waals surface area contributed by atoms with E-state index in [4.69, 9.17) is 5.73 Å². The fourth-order valence-corrected chi connectivity index (χ4v) is 1.95. The molecule has 0 heterocycles. The number of aliphatic imine (C=N–C) groups is 1. The van der Waals surface area contributed by atoms with Crippen molar-refractivity contribution >= 4 is 5.84 Å². The lowest BCUT2D eigenvalue weighted by Gasteiger charge is -2.17. The summed E-state index contributed by atoms with van der Waals surface area (Å²) in [6, 6.07) is 0. The molecule has 2 N–H and O–H groups in total. The fourth-order valence-electron chi connectivity index (χ4n) is 1.95. The quantitative estimate of drug-likeness (QED) is 0.491. The van der Waals surface area contributed by atoms with E-state index in [1.807, 2.05) is 0 Å². The molecule has 0 aromatic heterocycles. The normalized spacial score (nSPS) is 30.9. The molecular weight excluding hydrogens is 160 g/mol. The Hall–Kier alpha value is -0.530. The van der Waals surface area contributed by atoms with Crippen molar-refractivity contribution in [3.05, 3.63) is 0 Å². The molecule has 0 aromatic carbocycles. The average Bonchev–Trinajstić information content (AvgIpc) is 2.31. The van der Waals surface area contributed by atoms with Crippen LogP contribution < -0.4 is 5.73 Å². The number of nitrogens with two attached hydrogens (primary N) is 1. The second-order valence-corrected chi connectivity index (χ2v) is 5.32. The van der Waals surface area contributed by atoms with Crippen LogP contribution in [-0.4, -0.2) is 11.4 Å². The van der Waals surface area contributed by atoms with E-state index in [2.05, 4.69) is 32.7 Å². The molecule has 2 atom stereocenters. The van der Waals surface area contributed by atoms with Gasteiger partial charge in [0.25, 0.3) is 0 Å². The van der Waals surface area contributed by atoms with Gasteiger partial charge in [-0.1, -0.05) is 6.92 Å². The molecule has 1 rings (SSSR count). The van der Waals surface area contributed by atoms with Crippen LogP contribution in [0.4, 0.5) is 0 Å². The molecule has 0 radical (unpaired) electrons. The average molecular weight is 182 g/mol. The summed E-state index contributed by atoms with van der Waals surface area (Å²) in [5.41, 5.74) is 5.96. The summed E-state index contributed by atoms with van der Waals surface area (Å²) in [5, 5.41) is 0. The van der Waals surface area contributed by atoms with Crippen molar-refractivity contribution in [2.24, 2.45) is 22.6 Å². The van der Waals surface area contributed by atoms with E-state index >= 15 is 0 Å². The van der Waals surface area contributed by atoms with Crippen LogP contribution in [0.3, 0.4) is 0 Å². The first kappa shape index (κ1) is 10.6. The maximum atomic E-state index is 5.98. The minimum atomic E-state index is -0.0179. The van der Waals surface area contributed by atoms with E-state index in [0.29, 0.717) is 5.92 Å². The molecule has 2 unspecified atom stereocenters. The SMILES string of the molecule is CC1CCC(C(N)=NC(C)(C)C)C1. The lowest BCUT2D eigenvalue weighted by atomic mass is 10.0. The van der Waals surface area contributed by atoms with Gasteiger partial charge < -0.3 is 5.73 Å². The number of rotatable bonds is 1. The van der Waals surface area contributed by atoms with Gasteiger partial charge in [0.05, 0.1) is 11.4 Å². The summed E-state index contributed by atoms with van der Waals surface area (Å²) < 4.78 is 0. The van der Waals surface area contributed by atoms with Crippen LogP contribution in [0.1, 0.15) is 47.0 Å². The maximum Gasteiger partial charge on any atom is 0.0975 e. The van der Waals surface area contributed by atoms with Gasteiger partial charge in [0.2, 0.25) is 0 Å². The largest absolute Gasteiger partial charge is 0.387 e. The standard InChI is InChI=1S/C11H22N2/c1-8-5-6-9(7-8)10(12)13-11(2,3)4/h8-9H,5-7H2,1-4H3,(H2,12,13). The first-order valence-corrected chi connectivity index (χ1v) is 5.23. The van der Waals surface area contributed by atoms with Crippen molar-refractivity contribution in [3.63, 3.8) is 0 Å². The zero-order valence-corrected chi connectivity index (χ0v) is 9.30. The number of nitrogens with zero attached hydrogens (tertiary/aromatic N) is 1. The predicted octanol–water partition coefficient (Wildman–Crippen LogP) is 2.58. The van der Waals surface area contributed by atoms with Crippen LogP contribution in [0.25, 0.3) is 0 Å². The number of hydrogen-bond acceptors (Lipinski definition) is 1. The molecule has 13 heavy (non-hydrogen) atoms. The van der Waals surface area contributed by atoms with Crippen LogP contribution in [0.5, 0.6) is 0 Å². The molecule has 1 aliphatic rings. The highest BCUT2D eigenvalue weighted by atomic mass is 14.9. The molecular formula is C11H22N2. The van der Waals surface area contributed by atoms with E-state index in [1.54, 1.807) is 0 Å². The molecule has 0 bridgehead atoms. The third-order valence-corrected chi connectivity index (χ3v) is 2.58. The van der Waals surface area contributed by atoms with Crippen molar-refractivity contribution in [3.8, 4) is 0 Å². The van der Waals surface area contributed by atoms with Gasteiger partial charge in [0, 0.05) is 5.92 Å². The van der Waals surface area contributed by atoms with Gasteiger partial charge in [-0.3, -0.25) is 4.99 Å². The first-order chi connectivity index (χ1) is 5.88. The maximum absolute atomic E-state index is 5.98. The minimum absolute atomic E-state index is 0.0179. The Kier molecular flexibility index (Phi) is 2.99. The van der Waals surface area contributed by atoms with Gasteiger partial charge in [-0.05, 0) is 46.0 Å². The molecule has 0 amide bonds. The molecule has 76 valence electrons. The van der Waals surface area contributed by atoms with Crippen molar-refractivity contribution in [1.82, 2.24) is 0 Å². The zero-order chi connectivity index (χ0) is 10.1. The highest BCUT2D eigenvalue weighted by molar-refractivity contribution is 5.83. The molecule has 0 saturated heterocycles. The molecule has 1 fully saturated rings. The molecule has 0 spiro atoms. The van der Waals surface area contributed by atoms with Crippen LogP contribution >= 0.6 is 0 Å². The van der Waals surface area contributed by atoms with Crippen molar-refractivity contribution < 1.29 is 0 Å². The topological polar surface area (TPSA) is 38.4 Å². The van der Waals surface area contributed by atoms with Crippen molar-refractivity contribution in [2.45, 2.75) is 52.5 Å². The summed E-state index contributed by atoms with van der Waals surface area (Å²) in [5.74, 6) is 2.25. The summed E-state index contributed by atoms with van der Waals surface area (Å²) >= 11 is 0. The highest BCUT2D eigenvalue weighted by Crippen LogP contribution is 2.30. The lowest BCUT2D eigenvalue weighted by Crippen LogP contribution is -2.26. The van der Waals surface area contributed by atoms with E-state index in [0.717, 1.165) is 11.8 Å². The second kappa shape index (κ2) is 3.69. The molecule has 2 heteroatoms. The molecule has 0 aliphatic heterocycles. The smallest absolute Gasteiger partial charge is 0.0975 e. The Morgan fingerprint density at radius 2 is 1.92 bits per heavy atom. The summed E-state index contributed by atoms with van der Waals surface area (Å²) in [6.45, 7) is 8.58. The van der Waals surface area contributed by atoms with Crippen LogP contribution in [0.2, 0.25) is 0 Å². The van der Waals surface area contributed by atoms with E-state index in [-0.39, 0.29) is 5.54 Å². The fraction of sp³-hybridized carbons (Fsp3) is 0.909. The third-order valence-electron chi connectivity index (χ3n) is 2.58. The monoisotopic (exact) mass is 182 g/mol. The van der Waals surface area contributed by atoms with E-state index < -0.39 is 0 Å². The van der Waals surface area contributed by atoms with Gasteiger partial charge in [0.15, 0.2) is 0 Å². The molecule has 1 saturated carbocycles. The Labute approximate surface area is 81.6 Å². The molecule has 0 aromatic rings. The Morgan fingerprint density at radius 3 is 2.31 bits per heavy atom. The third kappa shape index (κ3) is 3.37. The van der Waals surface area contributed by atoms with Crippen LogP contribution in [-0.2, 0) is 0 Å². The Bertz CT molecular complexity index is 201. The minimum Gasteiger partial charge on any atom is -0.387 e. The van der Waals surface area contributed by atoms with Gasteiger partial charge >= 0.3 is 0 Å². The van der Waals surface area contributed by atoms with Crippen LogP contribution in [0, 0.1) is 11.8 Å². The highest BCUT2D eigenvalue weighted by Gasteiger charge is 2.25. The lowest BCUT2D eigenvalue weighted by molar-refractivity contribution is 0.561. The zero-order valence-electron chi connectivity index (χ0n) is 9.30. The van der Waals surface area contributed by atoms with Crippen molar-refractivity contribution in [2.75, 3.05) is 0 Å². The summed E-state index contributed by atoms with van der Waals surface area (Å²) in [7, 11) is 0. The van der Waals surface area contributed by atoms with E-state index in [9.17, 15) is 0 Å². The number of amidine groups is 1. The Balaban J connectivity index is 2.58. The molecule has 2 nitrogen and oxygen atoms in total. The van der Waals surface area contributed by atoms with E-state index in [1.165, 1.54) is 19.3 Å². The van der Waals surface area contributed by atoms with Crippen LogP contribution in [0.15, 0.2) is 4.99 Å². The number of hydrogen-bond donors (Lipinski definition) is 1. The second-order valence-electron chi connectivity index (χ2n) is 5.32. The van der Waals surface area contributed by atoms with Gasteiger partial charge in [-0.25, -0.2) is 0 Å². The molecule has 1 aliphatic carbocycles. The van der Waals surface area contributed by atoms with Gasteiger partial charge in [0.1, 0.15) is 0 Å². The Morgan fingerprint density at radius 1 is 1.31 bits per heavy atom. The predicted molar refractivity (Wildman–Crippen MR) is 57.9 cm³/mol. The summed E-state index contributed by atoms with van der Waals surface area (Å²) in [4.78, 5) is 4.52. The first-order valence-electron chi connectivity index (χ1n) is 5.23. The van der Waals surface area contributed by atoms with Gasteiger partial charge in [-0.2, -0.15) is 0 Å². The summed E-state index contributed by atoms with van der Waals surface area (Å²) in [6.07, 6.45) is 3.77.